The molecule has 0 N–H and O–H groups in total. The highest BCUT2D eigenvalue weighted by Gasteiger charge is 2.14. The summed E-state index contributed by atoms with van der Waals surface area (Å²) in [5.74, 6) is -0.481. The molecule has 0 aliphatic heterocycles. The number of hydrogen-bond acceptors (Lipinski definition) is 2. The van der Waals surface area contributed by atoms with Crippen molar-refractivity contribution in [1.29, 1.82) is 5.26 Å². The molecule has 0 saturated heterocycles. The summed E-state index contributed by atoms with van der Waals surface area (Å²) in [6, 6.07) is 14.6. The lowest BCUT2D eigenvalue weighted by atomic mass is 10.1. The minimum absolute atomic E-state index is 0.0879. The Kier molecular flexibility index (Phi) is 3.82. The molecule has 0 bridgehead atoms. The zero-order valence-electron chi connectivity index (χ0n) is 11.0. The van der Waals surface area contributed by atoms with Crippen molar-refractivity contribution in [2.24, 2.45) is 0 Å². The SMILES string of the molecule is CCN(c1ccc(C)cc1)c1cccc(F)c1C#N. The third-order valence-corrected chi connectivity index (χ3v) is 3.06. The van der Waals surface area contributed by atoms with E-state index in [9.17, 15) is 4.39 Å². The van der Waals surface area contributed by atoms with Crippen LogP contribution in [-0.4, -0.2) is 6.54 Å². The van der Waals surface area contributed by atoms with Gasteiger partial charge in [0.05, 0.1) is 5.69 Å². The quantitative estimate of drug-likeness (QED) is 0.822. The largest absolute Gasteiger partial charge is 0.341 e. The van der Waals surface area contributed by atoms with Gasteiger partial charge in [-0.25, -0.2) is 4.39 Å². The molecule has 0 fully saturated rings. The van der Waals surface area contributed by atoms with Crippen molar-refractivity contribution in [2.45, 2.75) is 13.8 Å². The third-order valence-electron chi connectivity index (χ3n) is 3.06. The Bertz CT molecular complexity index is 612. The molecule has 2 aromatic carbocycles. The van der Waals surface area contributed by atoms with Crippen LogP contribution in [0.5, 0.6) is 0 Å². The Morgan fingerprint density at radius 2 is 1.84 bits per heavy atom. The first kappa shape index (κ1) is 13.1. The van der Waals surface area contributed by atoms with E-state index in [0.717, 1.165) is 5.69 Å². The van der Waals surface area contributed by atoms with Crippen molar-refractivity contribution < 1.29 is 4.39 Å². The van der Waals surface area contributed by atoms with Gasteiger partial charge < -0.3 is 4.90 Å². The molecule has 0 atom stereocenters. The zero-order valence-corrected chi connectivity index (χ0v) is 11.0. The van der Waals surface area contributed by atoms with E-state index in [1.54, 1.807) is 12.1 Å². The predicted octanol–water partition coefficient (Wildman–Crippen LogP) is 4.16. The molecule has 0 spiro atoms. The summed E-state index contributed by atoms with van der Waals surface area (Å²) in [5.41, 5.74) is 2.81. The normalized spacial score (nSPS) is 10.0. The van der Waals surface area contributed by atoms with Crippen molar-refractivity contribution in [3.8, 4) is 6.07 Å². The smallest absolute Gasteiger partial charge is 0.143 e. The Morgan fingerprint density at radius 1 is 1.16 bits per heavy atom. The van der Waals surface area contributed by atoms with Crippen LogP contribution in [0, 0.1) is 24.1 Å². The molecule has 0 aliphatic rings. The van der Waals surface area contributed by atoms with Crippen LogP contribution in [0.2, 0.25) is 0 Å². The molecule has 0 saturated carbocycles. The van der Waals surface area contributed by atoms with E-state index in [4.69, 9.17) is 5.26 Å². The van der Waals surface area contributed by atoms with Gasteiger partial charge in [-0.05, 0) is 38.1 Å². The average Bonchev–Trinajstić information content (AvgIpc) is 2.42. The number of aryl methyl sites for hydroxylation is 1. The van der Waals surface area contributed by atoms with E-state index >= 15 is 0 Å². The summed E-state index contributed by atoms with van der Waals surface area (Å²) in [5, 5.41) is 9.12. The van der Waals surface area contributed by atoms with Crippen LogP contribution in [0.25, 0.3) is 0 Å². The van der Waals surface area contributed by atoms with E-state index in [2.05, 4.69) is 0 Å². The van der Waals surface area contributed by atoms with Crippen molar-refractivity contribution in [2.75, 3.05) is 11.4 Å². The summed E-state index contributed by atoms with van der Waals surface area (Å²) in [6.07, 6.45) is 0. The second-order valence-corrected chi connectivity index (χ2v) is 4.33. The van der Waals surface area contributed by atoms with Crippen LogP contribution in [-0.2, 0) is 0 Å². The summed E-state index contributed by atoms with van der Waals surface area (Å²) < 4.78 is 13.7. The number of halogens is 1. The highest BCUT2D eigenvalue weighted by Crippen LogP contribution is 2.29. The monoisotopic (exact) mass is 254 g/mol. The van der Waals surface area contributed by atoms with Gasteiger partial charge in [0.1, 0.15) is 17.4 Å². The maximum absolute atomic E-state index is 13.7. The molecule has 3 heteroatoms. The molecule has 0 aromatic heterocycles. The van der Waals surface area contributed by atoms with Crippen molar-refractivity contribution in [1.82, 2.24) is 0 Å². The summed E-state index contributed by atoms with van der Waals surface area (Å²) >= 11 is 0. The van der Waals surface area contributed by atoms with Crippen molar-refractivity contribution >= 4 is 11.4 Å². The van der Waals surface area contributed by atoms with Gasteiger partial charge in [-0.1, -0.05) is 23.8 Å². The fourth-order valence-electron chi connectivity index (χ4n) is 2.07. The Morgan fingerprint density at radius 3 is 2.42 bits per heavy atom. The van der Waals surface area contributed by atoms with Gasteiger partial charge in [0.2, 0.25) is 0 Å². The Labute approximate surface area is 112 Å². The number of anilines is 2. The molecule has 19 heavy (non-hydrogen) atoms. The van der Waals surface area contributed by atoms with E-state index in [0.29, 0.717) is 12.2 Å². The average molecular weight is 254 g/mol. The van der Waals surface area contributed by atoms with Crippen LogP contribution >= 0.6 is 0 Å². The molecule has 2 nitrogen and oxygen atoms in total. The molecule has 0 aliphatic carbocycles. The van der Waals surface area contributed by atoms with E-state index in [1.807, 2.05) is 49.1 Å². The Balaban J connectivity index is 2.52. The highest BCUT2D eigenvalue weighted by molar-refractivity contribution is 5.69. The molecular weight excluding hydrogens is 239 g/mol. The van der Waals surface area contributed by atoms with Crippen LogP contribution in [0.1, 0.15) is 18.1 Å². The molecule has 0 amide bonds. The van der Waals surface area contributed by atoms with Gasteiger partial charge in [-0.15, -0.1) is 0 Å². The Hall–Kier alpha value is -2.34. The van der Waals surface area contributed by atoms with Gasteiger partial charge >= 0.3 is 0 Å². The van der Waals surface area contributed by atoms with E-state index in [1.165, 1.54) is 11.6 Å². The number of benzene rings is 2. The van der Waals surface area contributed by atoms with Gasteiger partial charge in [-0.3, -0.25) is 0 Å². The summed E-state index contributed by atoms with van der Waals surface area (Å²) in [7, 11) is 0. The van der Waals surface area contributed by atoms with Crippen molar-refractivity contribution in [3.63, 3.8) is 0 Å². The first-order valence-electron chi connectivity index (χ1n) is 6.20. The first-order valence-corrected chi connectivity index (χ1v) is 6.20. The van der Waals surface area contributed by atoms with Gasteiger partial charge in [-0.2, -0.15) is 5.26 Å². The van der Waals surface area contributed by atoms with Gasteiger partial charge in [0.25, 0.3) is 0 Å². The second-order valence-electron chi connectivity index (χ2n) is 4.33. The predicted molar refractivity (Wildman–Crippen MR) is 75.0 cm³/mol. The number of nitriles is 1. The lowest BCUT2D eigenvalue weighted by Gasteiger charge is -2.24. The first-order chi connectivity index (χ1) is 9.17. The number of nitrogens with zero attached hydrogens (tertiary/aromatic N) is 2. The summed E-state index contributed by atoms with van der Waals surface area (Å²) in [4.78, 5) is 1.93. The molecule has 0 radical (unpaired) electrons. The van der Waals surface area contributed by atoms with Crippen LogP contribution < -0.4 is 4.90 Å². The van der Waals surface area contributed by atoms with E-state index in [-0.39, 0.29) is 5.56 Å². The minimum atomic E-state index is -0.481. The fraction of sp³-hybridized carbons (Fsp3) is 0.188. The molecular formula is C16H15FN2. The maximum atomic E-state index is 13.7. The summed E-state index contributed by atoms with van der Waals surface area (Å²) in [6.45, 7) is 4.66. The standard InChI is InChI=1S/C16H15FN2/c1-3-19(13-9-7-12(2)8-10-13)16-6-4-5-15(17)14(16)11-18/h4-10H,3H2,1-2H3. The highest BCUT2D eigenvalue weighted by atomic mass is 19.1. The van der Waals surface area contributed by atoms with Crippen LogP contribution in [0.3, 0.4) is 0 Å². The fourth-order valence-corrected chi connectivity index (χ4v) is 2.07. The lowest BCUT2D eigenvalue weighted by Crippen LogP contribution is -2.17. The topological polar surface area (TPSA) is 27.0 Å². The van der Waals surface area contributed by atoms with Gasteiger partial charge in [0, 0.05) is 12.2 Å². The third kappa shape index (κ3) is 2.58. The maximum Gasteiger partial charge on any atom is 0.143 e. The van der Waals surface area contributed by atoms with Crippen molar-refractivity contribution in [3.05, 3.63) is 59.4 Å². The molecule has 2 rings (SSSR count). The number of rotatable bonds is 3. The minimum Gasteiger partial charge on any atom is -0.341 e. The van der Waals surface area contributed by atoms with Crippen LogP contribution in [0.15, 0.2) is 42.5 Å². The molecule has 0 unspecified atom stereocenters. The molecule has 96 valence electrons. The number of hydrogen-bond donors (Lipinski definition) is 0. The zero-order chi connectivity index (χ0) is 13.8. The lowest BCUT2D eigenvalue weighted by molar-refractivity contribution is 0.623. The van der Waals surface area contributed by atoms with Crippen LogP contribution in [0.4, 0.5) is 15.8 Å². The van der Waals surface area contributed by atoms with E-state index < -0.39 is 5.82 Å². The molecule has 0 heterocycles. The van der Waals surface area contributed by atoms with Gasteiger partial charge in [0.15, 0.2) is 0 Å². The second kappa shape index (κ2) is 5.53. The molecule has 2 aromatic rings.